The van der Waals surface area contributed by atoms with E-state index in [1.54, 1.807) is 13.0 Å². The molecule has 2 N–H and O–H groups in total. The van der Waals surface area contributed by atoms with E-state index >= 15 is 0 Å². The van der Waals surface area contributed by atoms with Crippen LogP contribution in [0, 0.1) is 0 Å². The zero-order chi connectivity index (χ0) is 26.0. The molecule has 1 saturated heterocycles. The lowest BCUT2D eigenvalue weighted by Gasteiger charge is -2.32. The van der Waals surface area contributed by atoms with Crippen LogP contribution >= 0.6 is 11.3 Å². The predicted molar refractivity (Wildman–Crippen MR) is 132 cm³/mol. The van der Waals surface area contributed by atoms with E-state index in [0.717, 1.165) is 61.8 Å². The maximum atomic E-state index is 12.9. The van der Waals surface area contributed by atoms with Crippen molar-refractivity contribution in [3.8, 4) is 5.75 Å². The minimum atomic E-state index is -4.51. The Morgan fingerprint density at radius 3 is 2.36 bits per heavy atom. The van der Waals surface area contributed by atoms with Crippen molar-refractivity contribution >= 4 is 38.3 Å². The largest absolute Gasteiger partial charge is 0.508 e. The number of piperazine rings is 1. The topological polar surface area (TPSA) is 82.1 Å². The molecule has 1 amide bonds. The second-order valence-electron chi connectivity index (χ2n) is 8.58. The first-order valence-corrected chi connectivity index (χ1v) is 12.2. The first-order chi connectivity index (χ1) is 17.1. The minimum absolute atomic E-state index is 0.00997. The number of carbonyl (C=O) groups is 2. The van der Waals surface area contributed by atoms with Crippen molar-refractivity contribution in [3.05, 3.63) is 58.7 Å². The molecule has 1 aliphatic rings. The van der Waals surface area contributed by atoms with Crippen LogP contribution in [0.2, 0.25) is 0 Å². The van der Waals surface area contributed by atoms with Crippen molar-refractivity contribution in [2.75, 3.05) is 45.2 Å². The van der Waals surface area contributed by atoms with E-state index in [-0.39, 0.29) is 28.5 Å². The first-order valence-electron chi connectivity index (χ1n) is 11.4. The fourth-order valence-electron chi connectivity index (χ4n) is 4.07. The number of carbonyl (C=O) groups excluding carboxylic acids is 2. The quantitative estimate of drug-likeness (QED) is 0.454. The van der Waals surface area contributed by atoms with Crippen molar-refractivity contribution in [3.63, 3.8) is 0 Å². The van der Waals surface area contributed by atoms with Gasteiger partial charge in [-0.25, -0.2) is 4.79 Å². The molecule has 11 heteroatoms. The molecule has 2 aromatic carbocycles. The summed E-state index contributed by atoms with van der Waals surface area (Å²) in [5.74, 6) is -1.22. The van der Waals surface area contributed by atoms with Gasteiger partial charge in [-0.05, 0) is 50.4 Å². The van der Waals surface area contributed by atoms with E-state index < -0.39 is 23.6 Å². The molecule has 0 saturated carbocycles. The fraction of sp³-hybridized carbons (Fsp3) is 0.360. The molecule has 2 heterocycles. The number of halogens is 3. The van der Waals surface area contributed by atoms with Crippen molar-refractivity contribution in [1.29, 1.82) is 0 Å². The van der Waals surface area contributed by atoms with E-state index in [4.69, 9.17) is 4.74 Å². The van der Waals surface area contributed by atoms with E-state index in [1.165, 1.54) is 6.07 Å². The zero-order valence-electron chi connectivity index (χ0n) is 19.8. The Labute approximate surface area is 210 Å². The maximum Gasteiger partial charge on any atom is 0.416 e. The third kappa shape index (κ3) is 5.48. The van der Waals surface area contributed by atoms with Crippen molar-refractivity contribution in [1.82, 2.24) is 9.80 Å². The predicted octanol–water partition coefficient (Wildman–Crippen LogP) is 4.80. The van der Waals surface area contributed by atoms with Crippen molar-refractivity contribution < 1.29 is 32.6 Å². The Morgan fingerprint density at radius 2 is 1.75 bits per heavy atom. The molecule has 36 heavy (non-hydrogen) atoms. The van der Waals surface area contributed by atoms with Crippen LogP contribution in [0.1, 0.15) is 38.8 Å². The number of alkyl halides is 3. The second-order valence-corrected chi connectivity index (χ2v) is 9.60. The normalized spacial score (nSPS) is 15.2. The minimum Gasteiger partial charge on any atom is -0.508 e. The highest BCUT2D eigenvalue weighted by Crippen LogP contribution is 2.42. The van der Waals surface area contributed by atoms with Gasteiger partial charge in [-0.15, -0.1) is 11.3 Å². The molecule has 1 aromatic heterocycles. The molecule has 0 bridgehead atoms. The summed E-state index contributed by atoms with van der Waals surface area (Å²) in [4.78, 5) is 30.2. The highest BCUT2D eigenvalue weighted by molar-refractivity contribution is 7.23. The van der Waals surface area contributed by atoms with Gasteiger partial charge in [-0.1, -0.05) is 0 Å². The number of phenols is 1. The molecule has 1 fully saturated rings. The molecule has 1 aliphatic heterocycles. The summed E-state index contributed by atoms with van der Waals surface area (Å²) >= 11 is 1.13. The van der Waals surface area contributed by atoms with Crippen molar-refractivity contribution in [2.24, 2.45) is 0 Å². The van der Waals surface area contributed by atoms with Gasteiger partial charge in [0.05, 0.1) is 12.2 Å². The lowest BCUT2D eigenvalue weighted by Crippen LogP contribution is -2.43. The summed E-state index contributed by atoms with van der Waals surface area (Å²) in [6, 6.07) is 6.95. The van der Waals surface area contributed by atoms with Crippen LogP contribution in [0.15, 0.2) is 36.4 Å². The summed E-state index contributed by atoms with van der Waals surface area (Å²) in [5.41, 5.74) is -0.0627. The number of benzene rings is 2. The number of rotatable bonds is 6. The highest BCUT2D eigenvalue weighted by Gasteiger charge is 2.30. The van der Waals surface area contributed by atoms with Crippen LogP contribution in [0.25, 0.3) is 10.1 Å². The third-order valence-electron chi connectivity index (χ3n) is 6.09. The van der Waals surface area contributed by atoms with E-state index in [2.05, 4.69) is 15.1 Å². The summed E-state index contributed by atoms with van der Waals surface area (Å²) in [6.45, 7) is 5.67. The van der Waals surface area contributed by atoms with Gasteiger partial charge in [-0.3, -0.25) is 9.69 Å². The molecule has 0 aliphatic carbocycles. The number of aromatic hydroxyl groups is 1. The van der Waals surface area contributed by atoms with Crippen molar-refractivity contribution in [2.45, 2.75) is 19.6 Å². The average molecular weight is 522 g/mol. The third-order valence-corrected chi connectivity index (χ3v) is 7.28. The van der Waals surface area contributed by atoms with Crippen LogP contribution in [-0.2, 0) is 17.5 Å². The summed E-state index contributed by atoms with van der Waals surface area (Å²) in [7, 11) is 2.05. The van der Waals surface area contributed by atoms with E-state index in [9.17, 15) is 27.9 Å². The van der Waals surface area contributed by atoms with Gasteiger partial charge < -0.3 is 20.1 Å². The van der Waals surface area contributed by atoms with Crippen LogP contribution in [-0.4, -0.2) is 66.6 Å². The number of nitrogens with zero attached hydrogens (tertiary/aromatic N) is 2. The molecule has 0 spiro atoms. The Morgan fingerprint density at radius 1 is 1.08 bits per heavy atom. The molecule has 0 radical (unpaired) electrons. The average Bonchev–Trinajstić information content (AvgIpc) is 3.20. The lowest BCUT2D eigenvalue weighted by atomic mass is 10.1. The number of thiophene rings is 1. The highest BCUT2D eigenvalue weighted by atomic mass is 32.1. The first kappa shape index (κ1) is 25.9. The van der Waals surface area contributed by atoms with Gasteiger partial charge in [0.15, 0.2) is 0 Å². The van der Waals surface area contributed by atoms with Crippen LogP contribution in [0.5, 0.6) is 5.75 Å². The monoisotopic (exact) mass is 521 g/mol. The Hall–Kier alpha value is -3.15. The number of phenolic OH excluding ortho intramolecular Hbond substituents is 1. The fourth-order valence-corrected chi connectivity index (χ4v) is 5.28. The Kier molecular flexibility index (Phi) is 7.53. The molecule has 7 nitrogen and oxygen atoms in total. The number of fused-ring (bicyclic) bond motifs is 1. The van der Waals surface area contributed by atoms with E-state index in [1.807, 2.05) is 7.05 Å². The van der Waals surface area contributed by atoms with Gasteiger partial charge in [0.1, 0.15) is 16.3 Å². The number of amides is 1. The SMILES string of the molecule is CCOC(=O)c1c(NC(=O)c2ccc(C(F)(F)F)cc2)sc2c(CN3CCN(C)CC3)c(O)ccc12. The van der Waals surface area contributed by atoms with Gasteiger partial charge in [0.2, 0.25) is 0 Å². The molecule has 192 valence electrons. The number of anilines is 1. The van der Waals surface area contributed by atoms with Gasteiger partial charge in [-0.2, -0.15) is 13.2 Å². The Balaban J connectivity index is 1.70. The van der Waals surface area contributed by atoms with Crippen LogP contribution < -0.4 is 5.32 Å². The molecular weight excluding hydrogens is 495 g/mol. The molecule has 3 aromatic rings. The summed E-state index contributed by atoms with van der Waals surface area (Å²) in [5, 5.41) is 14.1. The molecule has 0 atom stereocenters. The number of ether oxygens (including phenoxy) is 1. The number of hydrogen-bond donors (Lipinski definition) is 2. The van der Waals surface area contributed by atoms with E-state index in [0.29, 0.717) is 22.2 Å². The van der Waals surface area contributed by atoms with Gasteiger partial charge >= 0.3 is 12.1 Å². The van der Waals surface area contributed by atoms with Crippen LogP contribution in [0.3, 0.4) is 0 Å². The molecular formula is C25H26F3N3O4S. The summed E-state index contributed by atoms with van der Waals surface area (Å²) in [6.07, 6.45) is -4.51. The smallest absolute Gasteiger partial charge is 0.416 e. The Bertz CT molecular complexity index is 1270. The number of nitrogens with one attached hydrogen (secondary N) is 1. The molecule has 0 unspecified atom stereocenters. The summed E-state index contributed by atoms with van der Waals surface area (Å²) < 4.78 is 44.5. The number of likely N-dealkylation sites (N-methyl/N-ethyl adjacent to an activating group) is 1. The molecule has 4 rings (SSSR count). The lowest BCUT2D eigenvalue weighted by molar-refractivity contribution is -0.137. The second kappa shape index (κ2) is 10.5. The number of esters is 1. The maximum absolute atomic E-state index is 12.9. The standard InChI is InChI=1S/C25H26F3N3O4S/c1-3-35-24(34)20-17-8-9-19(32)18(14-31-12-10-30(2)11-13-31)21(17)36-23(20)29-22(33)15-4-6-16(7-5-15)25(26,27)28/h4-9,32H,3,10-14H2,1-2H3,(H,29,33). The van der Waals surface area contributed by atoms with Gasteiger partial charge in [0, 0.05) is 53.9 Å². The van der Waals surface area contributed by atoms with Gasteiger partial charge in [0.25, 0.3) is 5.91 Å². The van der Waals surface area contributed by atoms with Crippen LogP contribution in [0.4, 0.5) is 18.2 Å². The number of hydrogen-bond acceptors (Lipinski definition) is 7. The zero-order valence-corrected chi connectivity index (χ0v) is 20.6.